The topological polar surface area (TPSA) is 117 Å². The molecule has 0 aliphatic carbocycles. The monoisotopic (exact) mass is 674 g/mol. The van der Waals surface area contributed by atoms with Crippen LogP contribution in [0.1, 0.15) is 33.5 Å². The van der Waals surface area contributed by atoms with Gasteiger partial charge in [0.1, 0.15) is 42.3 Å². The Labute approximate surface area is 275 Å². The van der Waals surface area contributed by atoms with Crippen molar-refractivity contribution in [2.24, 2.45) is 0 Å². The predicted octanol–water partition coefficient (Wildman–Crippen LogP) is 5.30. The summed E-state index contributed by atoms with van der Waals surface area (Å²) in [5.74, 6) is -0.136. The minimum Gasteiger partial charge on any atom is -0.489 e. The Bertz CT molecular complexity index is 2080. The molecule has 48 heavy (non-hydrogen) atoms. The molecule has 3 heterocycles. The van der Waals surface area contributed by atoms with Gasteiger partial charge in [-0.25, -0.2) is 23.1 Å². The fraction of sp³-hybridized carbons (Fsp3) is 0.152. The zero-order chi connectivity index (χ0) is 33.7. The standard InChI is InChI=1S/C33H23ClF4N8O2/c34-31-40-20-45(42-31)17-24-2-1-3-25(14-24)18-48-27-10-6-22(7-11-27)4-5-23-8-13-30(39-16-23)33(37,38)32(47,19-46-21-41-43-44-46)28-12-9-26(35)15-29(28)36/h1-3,6-16,20-21,47H,17-19H2. The smallest absolute Gasteiger partial charge is 0.323 e. The Morgan fingerprint density at radius 1 is 0.854 bits per heavy atom. The van der Waals surface area contributed by atoms with E-state index in [-0.39, 0.29) is 5.28 Å². The summed E-state index contributed by atoms with van der Waals surface area (Å²) in [5.41, 5.74) is -2.06. The van der Waals surface area contributed by atoms with E-state index in [4.69, 9.17) is 16.3 Å². The van der Waals surface area contributed by atoms with Crippen molar-refractivity contribution in [3.63, 3.8) is 0 Å². The number of hydrogen-bond donors (Lipinski definition) is 1. The summed E-state index contributed by atoms with van der Waals surface area (Å²) in [4.78, 5) is 7.74. The first-order valence-corrected chi connectivity index (χ1v) is 14.6. The van der Waals surface area contributed by atoms with Crippen molar-refractivity contribution in [1.29, 1.82) is 0 Å². The maximum atomic E-state index is 16.0. The maximum absolute atomic E-state index is 16.0. The van der Waals surface area contributed by atoms with Crippen LogP contribution in [0.2, 0.25) is 5.28 Å². The second-order valence-electron chi connectivity index (χ2n) is 10.6. The molecule has 3 aromatic carbocycles. The third-order valence-corrected chi connectivity index (χ3v) is 7.39. The SMILES string of the molecule is OC(Cn1cnnn1)(c1ccc(F)cc1F)C(F)(F)c1ccc(C#Cc2ccc(OCc3cccc(Cn4cnc(Cl)n4)c3)cc2)cn1. The predicted molar refractivity (Wildman–Crippen MR) is 164 cm³/mol. The fourth-order valence-electron chi connectivity index (χ4n) is 4.83. The molecule has 1 unspecified atom stereocenters. The summed E-state index contributed by atoms with van der Waals surface area (Å²) in [6.07, 6.45) is 3.65. The van der Waals surface area contributed by atoms with E-state index in [2.05, 4.69) is 42.4 Å². The summed E-state index contributed by atoms with van der Waals surface area (Å²) < 4.78 is 68.6. The number of aromatic nitrogens is 8. The van der Waals surface area contributed by atoms with Crippen LogP contribution >= 0.6 is 11.6 Å². The first-order valence-electron chi connectivity index (χ1n) is 14.2. The van der Waals surface area contributed by atoms with Crippen molar-refractivity contribution in [1.82, 2.24) is 40.0 Å². The summed E-state index contributed by atoms with van der Waals surface area (Å²) >= 11 is 5.79. The van der Waals surface area contributed by atoms with Gasteiger partial charge in [-0.2, -0.15) is 8.78 Å². The van der Waals surface area contributed by atoms with Crippen molar-refractivity contribution in [2.75, 3.05) is 0 Å². The van der Waals surface area contributed by atoms with Crippen LogP contribution in [0.4, 0.5) is 17.6 Å². The molecule has 6 rings (SSSR count). The van der Waals surface area contributed by atoms with Crippen molar-refractivity contribution < 1.29 is 27.4 Å². The van der Waals surface area contributed by atoms with E-state index in [0.29, 0.717) is 36.1 Å². The average Bonchev–Trinajstić information content (AvgIpc) is 3.74. The highest BCUT2D eigenvalue weighted by molar-refractivity contribution is 6.28. The van der Waals surface area contributed by atoms with Crippen LogP contribution in [0.25, 0.3) is 0 Å². The van der Waals surface area contributed by atoms with Gasteiger partial charge in [0.2, 0.25) is 5.28 Å². The number of alkyl halides is 2. The Kier molecular flexibility index (Phi) is 9.15. The van der Waals surface area contributed by atoms with Gasteiger partial charge < -0.3 is 9.84 Å². The maximum Gasteiger partial charge on any atom is 0.323 e. The van der Waals surface area contributed by atoms with Gasteiger partial charge in [0.05, 0.1) is 13.1 Å². The number of tetrazole rings is 1. The quantitative estimate of drug-likeness (QED) is 0.154. The molecule has 0 bridgehead atoms. The molecule has 0 saturated carbocycles. The number of aliphatic hydroxyl groups is 1. The molecular formula is C33H23ClF4N8O2. The number of ether oxygens (including phenoxy) is 1. The normalized spacial score (nSPS) is 12.6. The lowest BCUT2D eigenvalue weighted by Gasteiger charge is -2.35. The summed E-state index contributed by atoms with van der Waals surface area (Å²) in [6.45, 7) is -0.107. The molecule has 242 valence electrons. The molecule has 15 heteroatoms. The number of benzene rings is 3. The molecule has 3 aromatic heterocycles. The van der Waals surface area contributed by atoms with Gasteiger partial charge in [0.15, 0.2) is 5.60 Å². The van der Waals surface area contributed by atoms with E-state index in [1.54, 1.807) is 35.3 Å². The highest BCUT2D eigenvalue weighted by atomic mass is 35.5. The number of rotatable bonds is 10. The molecule has 1 atom stereocenters. The van der Waals surface area contributed by atoms with Crippen LogP contribution in [0.15, 0.2) is 97.7 Å². The molecule has 0 spiro atoms. The molecule has 0 amide bonds. The Morgan fingerprint density at radius 2 is 1.62 bits per heavy atom. The zero-order valence-corrected chi connectivity index (χ0v) is 25.4. The molecule has 6 aromatic rings. The van der Waals surface area contributed by atoms with E-state index in [9.17, 15) is 13.9 Å². The Hall–Kier alpha value is -5.65. The van der Waals surface area contributed by atoms with Gasteiger partial charge in [-0.05, 0) is 81.7 Å². The van der Waals surface area contributed by atoms with Crippen molar-refractivity contribution in [2.45, 2.75) is 31.2 Å². The van der Waals surface area contributed by atoms with Crippen LogP contribution < -0.4 is 4.74 Å². The second kappa shape index (κ2) is 13.6. The number of pyridine rings is 1. The van der Waals surface area contributed by atoms with E-state index in [0.717, 1.165) is 46.5 Å². The molecule has 0 aliphatic heterocycles. The van der Waals surface area contributed by atoms with E-state index >= 15 is 8.78 Å². The second-order valence-corrected chi connectivity index (χ2v) is 10.9. The van der Waals surface area contributed by atoms with Gasteiger partial charge in [-0.15, -0.1) is 10.2 Å². The van der Waals surface area contributed by atoms with Crippen LogP contribution in [0, 0.1) is 23.5 Å². The van der Waals surface area contributed by atoms with Gasteiger partial charge in [-0.3, -0.25) is 4.98 Å². The molecule has 0 fully saturated rings. The molecule has 0 radical (unpaired) electrons. The lowest BCUT2D eigenvalue weighted by Crippen LogP contribution is -2.48. The van der Waals surface area contributed by atoms with Crippen LogP contribution in [-0.2, 0) is 31.2 Å². The van der Waals surface area contributed by atoms with Gasteiger partial charge in [0, 0.05) is 29.0 Å². The summed E-state index contributed by atoms with van der Waals surface area (Å²) in [7, 11) is 0. The third kappa shape index (κ3) is 7.17. The van der Waals surface area contributed by atoms with E-state index in [1.165, 1.54) is 6.07 Å². The zero-order valence-electron chi connectivity index (χ0n) is 24.7. The average molecular weight is 675 g/mol. The van der Waals surface area contributed by atoms with Crippen LogP contribution in [0.5, 0.6) is 5.75 Å². The van der Waals surface area contributed by atoms with Gasteiger partial charge in [-0.1, -0.05) is 36.1 Å². The lowest BCUT2D eigenvalue weighted by molar-refractivity contribution is -0.207. The molecule has 0 saturated heterocycles. The molecule has 1 N–H and O–H groups in total. The van der Waals surface area contributed by atoms with Crippen LogP contribution in [0.3, 0.4) is 0 Å². The summed E-state index contributed by atoms with van der Waals surface area (Å²) in [6, 6.07) is 19.0. The first kappa shape index (κ1) is 32.3. The number of hydrogen-bond acceptors (Lipinski definition) is 8. The Balaban J connectivity index is 1.12. The fourth-order valence-corrected chi connectivity index (χ4v) is 4.97. The van der Waals surface area contributed by atoms with E-state index < -0.39 is 41.0 Å². The third-order valence-electron chi connectivity index (χ3n) is 7.22. The minimum absolute atomic E-state index is 0.184. The van der Waals surface area contributed by atoms with Crippen molar-refractivity contribution >= 4 is 11.6 Å². The Morgan fingerprint density at radius 3 is 2.31 bits per heavy atom. The molecule has 10 nitrogen and oxygen atoms in total. The van der Waals surface area contributed by atoms with Gasteiger partial charge >= 0.3 is 5.92 Å². The highest BCUT2D eigenvalue weighted by Crippen LogP contribution is 2.46. The van der Waals surface area contributed by atoms with Crippen molar-refractivity contribution in [3.8, 4) is 17.6 Å². The van der Waals surface area contributed by atoms with Gasteiger partial charge in [0.25, 0.3) is 0 Å². The summed E-state index contributed by atoms with van der Waals surface area (Å²) in [5, 5.41) is 25.8. The lowest BCUT2D eigenvalue weighted by atomic mass is 9.84. The number of halogens is 5. The minimum atomic E-state index is -4.17. The largest absolute Gasteiger partial charge is 0.489 e. The molecular weight excluding hydrogens is 652 g/mol. The highest BCUT2D eigenvalue weighted by Gasteiger charge is 2.58. The molecule has 0 aliphatic rings. The number of nitrogens with zero attached hydrogens (tertiary/aromatic N) is 8. The van der Waals surface area contributed by atoms with E-state index in [1.807, 2.05) is 24.3 Å². The van der Waals surface area contributed by atoms with Crippen molar-refractivity contribution in [3.05, 3.63) is 148 Å². The van der Waals surface area contributed by atoms with Crippen LogP contribution in [-0.4, -0.2) is 45.1 Å². The first-order chi connectivity index (χ1) is 23.1.